The largest absolute Gasteiger partial charge is 0.321 e. The zero-order chi connectivity index (χ0) is 20.3. The first-order chi connectivity index (χ1) is 13.4. The second kappa shape index (κ2) is 8.41. The zero-order valence-corrected chi connectivity index (χ0v) is 14.8. The number of hydrogen-bond acceptors (Lipinski definition) is 2. The van der Waals surface area contributed by atoms with Crippen molar-refractivity contribution in [2.75, 3.05) is 10.6 Å². The molecular weight excluding hydrogens is 376 g/mol. The Morgan fingerprint density at radius 1 is 0.643 bits per heavy atom. The number of nitrogens with one attached hydrogen (secondary N) is 2. The van der Waals surface area contributed by atoms with Gasteiger partial charge in [0.1, 0.15) is 34.6 Å². The van der Waals surface area contributed by atoms with Crippen LogP contribution in [-0.2, 0) is 9.59 Å². The van der Waals surface area contributed by atoms with Crippen LogP contribution in [0.1, 0.15) is 25.7 Å². The molecule has 8 heteroatoms. The molecule has 4 nitrogen and oxygen atoms in total. The standard InChI is InChI=1S/C20H18F4N2O2/c21-13-3-1-4-14(22)17(13)25-19(27)11-7-9-12(10-8-11)20(28)26-18-15(23)5-2-6-16(18)24/h1-6,11-12H,7-10H2,(H,25,27)(H,26,28). The first-order valence-corrected chi connectivity index (χ1v) is 8.86. The van der Waals surface area contributed by atoms with Gasteiger partial charge in [-0.05, 0) is 49.9 Å². The Balaban J connectivity index is 1.57. The smallest absolute Gasteiger partial charge is 0.227 e. The summed E-state index contributed by atoms with van der Waals surface area (Å²) in [5.74, 6) is -5.53. The molecule has 148 valence electrons. The zero-order valence-electron chi connectivity index (χ0n) is 14.8. The van der Waals surface area contributed by atoms with Gasteiger partial charge in [-0.1, -0.05) is 12.1 Å². The topological polar surface area (TPSA) is 58.2 Å². The van der Waals surface area contributed by atoms with E-state index in [0.717, 1.165) is 24.3 Å². The number of anilines is 2. The molecule has 2 amide bonds. The normalized spacial score (nSPS) is 19.1. The molecule has 0 radical (unpaired) electrons. The van der Waals surface area contributed by atoms with Crippen LogP contribution >= 0.6 is 0 Å². The average Bonchev–Trinajstić information content (AvgIpc) is 2.67. The summed E-state index contributed by atoms with van der Waals surface area (Å²) in [5.41, 5.74) is -0.996. The summed E-state index contributed by atoms with van der Waals surface area (Å²) < 4.78 is 54.6. The summed E-state index contributed by atoms with van der Waals surface area (Å²) in [4.78, 5) is 24.6. The van der Waals surface area contributed by atoms with E-state index < -0.39 is 58.3 Å². The summed E-state index contributed by atoms with van der Waals surface area (Å²) >= 11 is 0. The molecule has 0 aromatic heterocycles. The maximum absolute atomic E-state index is 13.6. The number of carbonyl (C=O) groups is 2. The highest BCUT2D eigenvalue weighted by Crippen LogP contribution is 2.31. The third-order valence-corrected chi connectivity index (χ3v) is 4.89. The van der Waals surface area contributed by atoms with Crippen molar-refractivity contribution >= 4 is 23.2 Å². The van der Waals surface area contributed by atoms with Crippen molar-refractivity contribution < 1.29 is 27.2 Å². The number of halogens is 4. The van der Waals surface area contributed by atoms with Crippen LogP contribution in [-0.4, -0.2) is 11.8 Å². The third kappa shape index (κ3) is 4.32. The fraction of sp³-hybridized carbons (Fsp3) is 0.300. The van der Waals surface area contributed by atoms with E-state index in [9.17, 15) is 27.2 Å². The molecule has 0 bridgehead atoms. The predicted octanol–water partition coefficient (Wildman–Crippen LogP) is 4.63. The first-order valence-electron chi connectivity index (χ1n) is 8.86. The number of amides is 2. The third-order valence-electron chi connectivity index (χ3n) is 4.89. The van der Waals surface area contributed by atoms with Crippen molar-refractivity contribution in [2.45, 2.75) is 25.7 Å². The van der Waals surface area contributed by atoms with Gasteiger partial charge in [0, 0.05) is 11.8 Å². The molecule has 2 aromatic rings. The Labute approximate surface area is 158 Å². The lowest BCUT2D eigenvalue weighted by Gasteiger charge is -2.27. The van der Waals surface area contributed by atoms with Crippen molar-refractivity contribution in [1.29, 1.82) is 0 Å². The Kier molecular flexibility index (Phi) is 5.96. The molecule has 0 atom stereocenters. The Morgan fingerprint density at radius 2 is 0.929 bits per heavy atom. The molecule has 3 rings (SSSR count). The monoisotopic (exact) mass is 394 g/mol. The maximum Gasteiger partial charge on any atom is 0.227 e. The van der Waals surface area contributed by atoms with Crippen LogP contribution in [0.3, 0.4) is 0 Å². The lowest BCUT2D eigenvalue weighted by molar-refractivity contribution is -0.125. The van der Waals surface area contributed by atoms with E-state index in [2.05, 4.69) is 10.6 Å². The number of hydrogen-bond donors (Lipinski definition) is 2. The van der Waals surface area contributed by atoms with E-state index in [0.29, 0.717) is 25.7 Å². The van der Waals surface area contributed by atoms with E-state index in [-0.39, 0.29) is 0 Å². The van der Waals surface area contributed by atoms with Gasteiger partial charge in [0.05, 0.1) is 0 Å². The molecule has 2 aromatic carbocycles. The first kappa shape index (κ1) is 19.9. The van der Waals surface area contributed by atoms with Crippen LogP contribution in [0.2, 0.25) is 0 Å². The fourth-order valence-electron chi connectivity index (χ4n) is 3.30. The van der Waals surface area contributed by atoms with Gasteiger partial charge in [0.15, 0.2) is 0 Å². The molecule has 1 aliphatic rings. The van der Waals surface area contributed by atoms with Crippen molar-refractivity contribution in [3.05, 3.63) is 59.7 Å². The predicted molar refractivity (Wildman–Crippen MR) is 95.4 cm³/mol. The van der Waals surface area contributed by atoms with Gasteiger partial charge in [-0.2, -0.15) is 0 Å². The van der Waals surface area contributed by atoms with Crippen molar-refractivity contribution in [3.8, 4) is 0 Å². The van der Waals surface area contributed by atoms with Gasteiger partial charge in [0.2, 0.25) is 11.8 Å². The molecule has 0 unspecified atom stereocenters. The van der Waals surface area contributed by atoms with Crippen LogP contribution in [0.5, 0.6) is 0 Å². The summed E-state index contributed by atoms with van der Waals surface area (Å²) in [5, 5.41) is 4.52. The minimum absolute atomic E-state index is 0.319. The summed E-state index contributed by atoms with van der Waals surface area (Å²) in [6.45, 7) is 0. The lowest BCUT2D eigenvalue weighted by atomic mass is 9.81. The van der Waals surface area contributed by atoms with Crippen LogP contribution in [0, 0.1) is 35.1 Å². The van der Waals surface area contributed by atoms with Crippen molar-refractivity contribution in [1.82, 2.24) is 0 Å². The molecule has 1 saturated carbocycles. The molecular formula is C20H18F4N2O2. The molecule has 0 aliphatic heterocycles. The quantitative estimate of drug-likeness (QED) is 0.743. The molecule has 2 N–H and O–H groups in total. The van der Waals surface area contributed by atoms with Crippen LogP contribution < -0.4 is 10.6 Å². The molecule has 1 aliphatic carbocycles. The number of benzene rings is 2. The highest BCUT2D eigenvalue weighted by atomic mass is 19.1. The van der Waals surface area contributed by atoms with Gasteiger partial charge < -0.3 is 10.6 Å². The minimum Gasteiger partial charge on any atom is -0.321 e. The Hall–Kier alpha value is -2.90. The van der Waals surface area contributed by atoms with Crippen LogP contribution in [0.25, 0.3) is 0 Å². The van der Waals surface area contributed by atoms with Gasteiger partial charge in [-0.15, -0.1) is 0 Å². The highest BCUT2D eigenvalue weighted by Gasteiger charge is 2.31. The second-order valence-corrected chi connectivity index (χ2v) is 6.72. The highest BCUT2D eigenvalue weighted by molar-refractivity contribution is 5.94. The van der Waals surface area contributed by atoms with Crippen LogP contribution in [0.4, 0.5) is 28.9 Å². The van der Waals surface area contributed by atoms with Gasteiger partial charge in [-0.3, -0.25) is 9.59 Å². The van der Waals surface area contributed by atoms with E-state index >= 15 is 0 Å². The van der Waals surface area contributed by atoms with E-state index in [1.54, 1.807) is 0 Å². The van der Waals surface area contributed by atoms with E-state index in [1.165, 1.54) is 12.1 Å². The molecule has 28 heavy (non-hydrogen) atoms. The molecule has 0 spiro atoms. The lowest BCUT2D eigenvalue weighted by Crippen LogP contribution is -2.32. The Morgan fingerprint density at radius 3 is 1.21 bits per heavy atom. The summed E-state index contributed by atoms with van der Waals surface area (Å²) in [6, 6.07) is 6.57. The molecule has 1 fully saturated rings. The number of rotatable bonds is 4. The number of para-hydroxylation sites is 2. The second-order valence-electron chi connectivity index (χ2n) is 6.72. The fourth-order valence-corrected chi connectivity index (χ4v) is 3.30. The maximum atomic E-state index is 13.6. The minimum atomic E-state index is -0.867. The SMILES string of the molecule is O=C(Nc1c(F)cccc1F)C1CCC(C(=O)Nc2c(F)cccc2F)CC1. The summed E-state index contributed by atoms with van der Waals surface area (Å²) in [6.07, 6.45) is 1.28. The average molecular weight is 394 g/mol. The Bertz CT molecular complexity index is 782. The van der Waals surface area contributed by atoms with Gasteiger partial charge in [-0.25, -0.2) is 17.6 Å². The summed E-state index contributed by atoms with van der Waals surface area (Å²) in [7, 11) is 0. The van der Waals surface area contributed by atoms with Gasteiger partial charge >= 0.3 is 0 Å². The van der Waals surface area contributed by atoms with E-state index in [1.807, 2.05) is 0 Å². The number of carbonyl (C=O) groups excluding carboxylic acids is 2. The molecule has 0 saturated heterocycles. The van der Waals surface area contributed by atoms with Crippen molar-refractivity contribution in [2.24, 2.45) is 11.8 Å². The molecule has 0 heterocycles. The van der Waals surface area contributed by atoms with Crippen LogP contribution in [0.15, 0.2) is 36.4 Å². The van der Waals surface area contributed by atoms with E-state index in [4.69, 9.17) is 0 Å². The van der Waals surface area contributed by atoms with Crippen molar-refractivity contribution in [3.63, 3.8) is 0 Å². The van der Waals surface area contributed by atoms with Gasteiger partial charge in [0.25, 0.3) is 0 Å².